The molecule has 1 aromatic heterocycles. The van der Waals surface area contributed by atoms with Crippen LogP contribution in [0.4, 0.5) is 23.0 Å². The van der Waals surface area contributed by atoms with Crippen LogP contribution >= 0.6 is 0 Å². The minimum absolute atomic E-state index is 0.183. The van der Waals surface area contributed by atoms with Crippen LogP contribution in [-0.2, 0) is 16.1 Å². The lowest BCUT2D eigenvalue weighted by molar-refractivity contribution is -0.130. The van der Waals surface area contributed by atoms with Gasteiger partial charge in [0, 0.05) is 24.0 Å². The summed E-state index contributed by atoms with van der Waals surface area (Å²) in [5.41, 5.74) is 2.56. The number of aromatic nitrogens is 2. The van der Waals surface area contributed by atoms with Crippen LogP contribution in [0.2, 0.25) is 0 Å². The van der Waals surface area contributed by atoms with E-state index in [9.17, 15) is 9.59 Å². The average Bonchev–Trinajstić information content (AvgIpc) is 2.88. The summed E-state index contributed by atoms with van der Waals surface area (Å²) in [6, 6.07) is 16.1. The third kappa shape index (κ3) is 8.18. The normalized spacial score (nSPS) is 16.1. The third-order valence-corrected chi connectivity index (χ3v) is 5.83. The van der Waals surface area contributed by atoms with Gasteiger partial charge >= 0.3 is 0 Å². The number of carbonyl (C=O) groups excluding carboxylic acids is 2. The summed E-state index contributed by atoms with van der Waals surface area (Å²) in [5.74, 6) is 1.24. The van der Waals surface area contributed by atoms with Gasteiger partial charge in [-0.25, -0.2) is 9.97 Å². The summed E-state index contributed by atoms with van der Waals surface area (Å²) in [4.78, 5) is 36.4. The second-order valence-electron chi connectivity index (χ2n) is 9.19. The van der Waals surface area contributed by atoms with Crippen LogP contribution in [0.1, 0.15) is 24.8 Å². The number of carbonyl (C=O) groups is 2. The van der Waals surface area contributed by atoms with Crippen LogP contribution in [0.15, 0.2) is 60.9 Å². The zero-order valence-corrected chi connectivity index (χ0v) is 21.2. The molecule has 4 N–H and O–H groups in total. The quantitative estimate of drug-likeness (QED) is 0.310. The maximum atomic E-state index is 13.1. The van der Waals surface area contributed by atoms with Gasteiger partial charge in [0.25, 0.3) is 5.91 Å². The fourth-order valence-electron chi connectivity index (χ4n) is 3.93. The SMILES string of the molecule is CN(C)CCCCC1NC(=O)COc2ccc(cc2)Nc2cc(ncn2)Nc2cccc(c2)CNC1=O. The molecule has 2 aromatic carbocycles. The summed E-state index contributed by atoms with van der Waals surface area (Å²) in [7, 11) is 4.03. The minimum Gasteiger partial charge on any atom is -0.484 e. The number of hydrogen-bond acceptors (Lipinski definition) is 8. The first-order valence-corrected chi connectivity index (χ1v) is 12.3. The van der Waals surface area contributed by atoms with Crippen molar-refractivity contribution in [1.29, 1.82) is 0 Å². The van der Waals surface area contributed by atoms with Crippen LogP contribution in [-0.4, -0.2) is 60.0 Å². The lowest BCUT2D eigenvalue weighted by Crippen LogP contribution is -2.47. The molecule has 0 fully saturated rings. The van der Waals surface area contributed by atoms with Crippen molar-refractivity contribution in [1.82, 2.24) is 25.5 Å². The van der Waals surface area contributed by atoms with Crippen molar-refractivity contribution in [3.8, 4) is 5.75 Å². The average molecular weight is 504 g/mol. The maximum absolute atomic E-state index is 13.1. The molecule has 2 aliphatic heterocycles. The molecule has 5 rings (SSSR count). The summed E-state index contributed by atoms with van der Waals surface area (Å²) in [5, 5.41) is 12.3. The van der Waals surface area contributed by atoms with E-state index in [1.165, 1.54) is 6.33 Å². The monoisotopic (exact) mass is 503 g/mol. The number of ether oxygens (including phenoxy) is 1. The van der Waals surface area contributed by atoms with Gasteiger partial charge in [0.05, 0.1) is 0 Å². The second-order valence-corrected chi connectivity index (χ2v) is 9.19. The molecular weight excluding hydrogens is 470 g/mol. The summed E-state index contributed by atoms with van der Waals surface area (Å²) >= 11 is 0. The van der Waals surface area contributed by atoms with Crippen molar-refractivity contribution >= 4 is 34.8 Å². The standard InChI is InChI=1S/C27H33N7O3/c1-34(2)13-4-3-8-23-27(36)28-16-19-6-5-7-21(14-19)32-25-15-24(29-18-30-25)31-20-9-11-22(12-10-20)37-17-26(35)33-23/h5-7,9-12,14-15,18,23H,3-4,8,13,16-17H2,1-2H3,(H,28,36)(H,33,35)(H2,29,30,31,32). The number of rotatable bonds is 5. The molecule has 3 heterocycles. The molecule has 37 heavy (non-hydrogen) atoms. The Labute approximate surface area is 216 Å². The van der Waals surface area contributed by atoms with E-state index in [4.69, 9.17) is 4.74 Å². The van der Waals surface area contributed by atoms with Crippen molar-refractivity contribution in [3.63, 3.8) is 0 Å². The second kappa shape index (κ2) is 12.7. The number of anilines is 4. The van der Waals surface area contributed by atoms with E-state index in [2.05, 4.69) is 36.1 Å². The first-order valence-electron chi connectivity index (χ1n) is 12.3. The van der Waals surface area contributed by atoms with Crippen molar-refractivity contribution in [3.05, 3.63) is 66.5 Å². The highest BCUT2D eigenvalue weighted by Gasteiger charge is 2.21. The van der Waals surface area contributed by atoms with Gasteiger partial charge in [-0.3, -0.25) is 9.59 Å². The number of fused-ring (bicyclic) bond motifs is 9. The molecule has 1 unspecified atom stereocenters. The predicted molar refractivity (Wildman–Crippen MR) is 143 cm³/mol. The number of hydrogen-bond donors (Lipinski definition) is 4. The first kappa shape index (κ1) is 25.9. The molecule has 2 amide bonds. The van der Waals surface area contributed by atoms with E-state index >= 15 is 0 Å². The Hall–Kier alpha value is -4.18. The number of amides is 2. The zero-order chi connectivity index (χ0) is 26.0. The molecule has 6 bridgehead atoms. The van der Waals surface area contributed by atoms with Crippen LogP contribution in [0.25, 0.3) is 0 Å². The maximum Gasteiger partial charge on any atom is 0.258 e. The first-order chi connectivity index (χ1) is 17.9. The van der Waals surface area contributed by atoms with Gasteiger partial charge in [-0.15, -0.1) is 0 Å². The van der Waals surface area contributed by atoms with Gasteiger partial charge in [-0.2, -0.15) is 0 Å². The highest BCUT2D eigenvalue weighted by molar-refractivity contribution is 5.88. The summed E-state index contributed by atoms with van der Waals surface area (Å²) < 4.78 is 5.65. The summed E-state index contributed by atoms with van der Waals surface area (Å²) in [6.07, 6.45) is 3.77. The predicted octanol–water partition coefficient (Wildman–Crippen LogP) is 3.19. The molecule has 194 valence electrons. The Balaban J connectivity index is 1.54. The minimum atomic E-state index is -0.642. The van der Waals surface area contributed by atoms with Crippen LogP contribution in [0, 0.1) is 0 Å². The molecular formula is C27H33N7O3. The molecule has 1 atom stereocenters. The Morgan fingerprint density at radius 1 is 0.946 bits per heavy atom. The number of nitrogens with zero attached hydrogens (tertiary/aromatic N) is 3. The number of unbranched alkanes of at least 4 members (excludes halogenated alkanes) is 1. The van der Waals surface area contributed by atoms with Crippen LogP contribution in [0.5, 0.6) is 5.75 Å². The highest BCUT2D eigenvalue weighted by Crippen LogP contribution is 2.22. The molecule has 0 saturated carbocycles. The van der Waals surface area contributed by atoms with Gasteiger partial charge in [0.1, 0.15) is 29.8 Å². The fraction of sp³-hybridized carbons (Fsp3) is 0.333. The Morgan fingerprint density at radius 2 is 1.70 bits per heavy atom. The van der Waals surface area contributed by atoms with Gasteiger partial charge in [0.15, 0.2) is 6.61 Å². The van der Waals surface area contributed by atoms with Gasteiger partial charge in [0.2, 0.25) is 5.91 Å². The third-order valence-electron chi connectivity index (χ3n) is 5.83. The van der Waals surface area contributed by atoms with Gasteiger partial charge in [-0.05, 0) is 81.9 Å². The molecule has 0 radical (unpaired) electrons. The van der Waals surface area contributed by atoms with E-state index < -0.39 is 6.04 Å². The molecule has 0 aliphatic carbocycles. The molecule has 2 aliphatic rings. The number of nitrogens with one attached hydrogen (secondary N) is 4. The molecule has 0 spiro atoms. The van der Waals surface area contributed by atoms with Crippen molar-refractivity contribution in [2.75, 3.05) is 37.9 Å². The molecule has 10 nitrogen and oxygen atoms in total. The van der Waals surface area contributed by atoms with Crippen molar-refractivity contribution < 1.29 is 14.3 Å². The Kier molecular flexibility index (Phi) is 8.88. The van der Waals surface area contributed by atoms with E-state index in [-0.39, 0.29) is 18.4 Å². The summed E-state index contributed by atoms with van der Waals surface area (Å²) in [6.45, 7) is 1.07. The topological polar surface area (TPSA) is 121 Å². The van der Waals surface area contributed by atoms with Crippen LogP contribution in [0.3, 0.4) is 0 Å². The fourth-order valence-corrected chi connectivity index (χ4v) is 3.93. The van der Waals surface area contributed by atoms with E-state index in [0.29, 0.717) is 30.4 Å². The van der Waals surface area contributed by atoms with Crippen LogP contribution < -0.4 is 26.0 Å². The largest absolute Gasteiger partial charge is 0.484 e. The van der Waals surface area contributed by atoms with E-state index in [1.54, 1.807) is 12.1 Å². The molecule has 3 aromatic rings. The van der Waals surface area contributed by atoms with Crippen molar-refractivity contribution in [2.45, 2.75) is 31.8 Å². The smallest absolute Gasteiger partial charge is 0.258 e. The Morgan fingerprint density at radius 3 is 2.46 bits per heavy atom. The lowest BCUT2D eigenvalue weighted by atomic mass is 10.1. The van der Waals surface area contributed by atoms with E-state index in [0.717, 1.165) is 36.3 Å². The Bertz CT molecular complexity index is 1200. The molecule has 10 heteroatoms. The highest BCUT2D eigenvalue weighted by atomic mass is 16.5. The zero-order valence-electron chi connectivity index (χ0n) is 21.2. The van der Waals surface area contributed by atoms with E-state index in [1.807, 2.05) is 56.6 Å². The lowest BCUT2D eigenvalue weighted by Gasteiger charge is -2.19. The number of benzene rings is 2. The van der Waals surface area contributed by atoms with Gasteiger partial charge < -0.3 is 30.9 Å². The van der Waals surface area contributed by atoms with Crippen molar-refractivity contribution in [2.24, 2.45) is 0 Å². The molecule has 0 saturated heterocycles. The van der Waals surface area contributed by atoms with Gasteiger partial charge in [-0.1, -0.05) is 12.1 Å².